The Morgan fingerprint density at radius 2 is 1.41 bits per heavy atom. The van der Waals surface area contributed by atoms with Gasteiger partial charge in [0, 0.05) is 0 Å². The molecule has 0 saturated carbocycles. The minimum Gasteiger partial charge on any atom is -0.458 e. The number of rotatable bonds is 14. The maximum absolute atomic E-state index is 12.5. The molecule has 0 aliphatic heterocycles. The highest BCUT2D eigenvalue weighted by Crippen LogP contribution is 2.30. The molecule has 2 atom stereocenters. The molecule has 0 bridgehead atoms. The van der Waals surface area contributed by atoms with Crippen molar-refractivity contribution < 1.29 is 52.3 Å². The van der Waals surface area contributed by atoms with Crippen LogP contribution in [-0.4, -0.2) is 62.0 Å². The second-order valence-electron chi connectivity index (χ2n) is 9.72. The van der Waals surface area contributed by atoms with Crippen molar-refractivity contribution in [3.63, 3.8) is 0 Å². The fourth-order valence-corrected chi connectivity index (χ4v) is 2.80. The van der Waals surface area contributed by atoms with Crippen LogP contribution in [0.1, 0.15) is 72.8 Å². The monoisotopic (exact) mass is 555 g/mol. The molecule has 0 aliphatic rings. The summed E-state index contributed by atoms with van der Waals surface area (Å²) in [7, 11) is 0. The second-order valence-corrected chi connectivity index (χ2v) is 9.72. The third-order valence-electron chi connectivity index (χ3n) is 4.73. The lowest BCUT2D eigenvalue weighted by Gasteiger charge is -2.20. The molecular weight excluding hydrogens is 514 g/mol. The average molecular weight is 556 g/mol. The van der Waals surface area contributed by atoms with E-state index in [1.807, 2.05) is 13.8 Å². The summed E-state index contributed by atoms with van der Waals surface area (Å²) >= 11 is 0. The van der Waals surface area contributed by atoms with Gasteiger partial charge < -0.3 is 38.9 Å². The molecule has 0 unspecified atom stereocenters. The molecule has 0 aromatic heterocycles. The molecule has 1 aromatic rings. The summed E-state index contributed by atoms with van der Waals surface area (Å²) in [6, 6.07) is 3.24. The Hall–Kier alpha value is -3.54. The van der Waals surface area contributed by atoms with E-state index < -0.39 is 42.2 Å². The molecule has 0 fully saturated rings. The van der Waals surface area contributed by atoms with Crippen molar-refractivity contribution in [3.05, 3.63) is 23.8 Å². The van der Waals surface area contributed by atoms with Crippen molar-refractivity contribution in [3.8, 4) is 11.5 Å². The van der Waals surface area contributed by atoms with E-state index in [4.69, 9.17) is 38.9 Å². The van der Waals surface area contributed by atoms with Gasteiger partial charge in [-0.15, -0.1) is 0 Å². The molecule has 0 spiro atoms. The Labute approximate surface area is 229 Å². The first-order valence-electron chi connectivity index (χ1n) is 13.0. The number of hydrogen-bond donors (Lipinski definition) is 1. The van der Waals surface area contributed by atoms with Crippen molar-refractivity contribution in [1.82, 2.24) is 0 Å². The van der Waals surface area contributed by atoms with E-state index in [2.05, 4.69) is 0 Å². The fraction of sp³-hybridized carbons (Fsp3) is 0.630. The summed E-state index contributed by atoms with van der Waals surface area (Å²) < 4.78 is 35.7. The molecule has 12 heteroatoms. The Bertz CT molecular complexity index is 942. The number of nitrogens with two attached hydrogens (primary N) is 1. The van der Waals surface area contributed by atoms with E-state index in [1.54, 1.807) is 26.8 Å². The normalized spacial score (nSPS) is 12.5. The summed E-state index contributed by atoms with van der Waals surface area (Å²) in [6.45, 7) is 10.6. The number of carbonyl (C=O) groups is 4. The molecule has 0 aliphatic carbocycles. The van der Waals surface area contributed by atoms with Gasteiger partial charge in [0.15, 0.2) is 11.5 Å². The maximum atomic E-state index is 12.5. The summed E-state index contributed by atoms with van der Waals surface area (Å²) in [5.74, 6) is -0.922. The van der Waals surface area contributed by atoms with Crippen molar-refractivity contribution in [2.75, 3.05) is 19.8 Å². The van der Waals surface area contributed by atoms with Crippen molar-refractivity contribution in [1.29, 1.82) is 0 Å². The highest BCUT2D eigenvalue weighted by Gasteiger charge is 2.23. The first kappa shape index (κ1) is 33.5. The molecule has 0 heterocycles. The smallest absolute Gasteiger partial charge is 0.458 e. The van der Waals surface area contributed by atoms with Crippen LogP contribution in [0.5, 0.6) is 11.5 Å². The van der Waals surface area contributed by atoms with E-state index in [0.29, 0.717) is 18.4 Å². The van der Waals surface area contributed by atoms with Gasteiger partial charge in [0.05, 0.1) is 13.2 Å². The number of carbonyl (C=O) groups excluding carboxylic acids is 4. The Morgan fingerprint density at radius 3 is 1.95 bits per heavy atom. The van der Waals surface area contributed by atoms with Gasteiger partial charge in [0.25, 0.3) is 0 Å². The summed E-state index contributed by atoms with van der Waals surface area (Å²) in [4.78, 5) is 48.3. The van der Waals surface area contributed by atoms with Gasteiger partial charge in [-0.3, -0.25) is 4.79 Å². The van der Waals surface area contributed by atoms with Crippen LogP contribution in [-0.2, 0) is 34.9 Å². The summed E-state index contributed by atoms with van der Waals surface area (Å²) in [5.41, 5.74) is 5.78. The average Bonchev–Trinajstić information content (AvgIpc) is 2.83. The third-order valence-corrected chi connectivity index (χ3v) is 4.73. The lowest BCUT2D eigenvalue weighted by molar-refractivity contribution is -0.152. The minimum absolute atomic E-state index is 0.000938. The van der Waals surface area contributed by atoms with Crippen LogP contribution in [0.3, 0.4) is 0 Å². The summed E-state index contributed by atoms with van der Waals surface area (Å²) in [5, 5.41) is 0. The zero-order chi connectivity index (χ0) is 29.4. The van der Waals surface area contributed by atoms with Crippen molar-refractivity contribution in [2.45, 2.75) is 91.4 Å². The summed E-state index contributed by atoms with van der Waals surface area (Å²) in [6.07, 6.45) is -0.620. The van der Waals surface area contributed by atoms with Crippen molar-refractivity contribution in [2.24, 2.45) is 5.73 Å². The first-order valence-corrected chi connectivity index (χ1v) is 13.0. The van der Waals surface area contributed by atoms with Gasteiger partial charge in [-0.25, -0.2) is 14.4 Å². The highest BCUT2D eigenvalue weighted by molar-refractivity contribution is 5.76. The molecule has 1 rings (SSSR count). The number of benzene rings is 1. The van der Waals surface area contributed by atoms with Gasteiger partial charge in [0.2, 0.25) is 0 Å². The van der Waals surface area contributed by atoms with Crippen LogP contribution in [0, 0.1) is 0 Å². The fourth-order valence-electron chi connectivity index (χ4n) is 2.80. The van der Waals surface area contributed by atoms with Gasteiger partial charge in [-0.2, -0.15) is 0 Å². The third kappa shape index (κ3) is 14.8. The van der Waals surface area contributed by atoms with Gasteiger partial charge in [-0.1, -0.05) is 32.8 Å². The lowest BCUT2D eigenvalue weighted by atomic mass is 10.1. The molecule has 2 N–H and O–H groups in total. The van der Waals surface area contributed by atoms with Gasteiger partial charge >= 0.3 is 24.4 Å². The topological polar surface area (TPSA) is 159 Å². The zero-order valence-corrected chi connectivity index (χ0v) is 23.6. The van der Waals surface area contributed by atoms with E-state index >= 15 is 0 Å². The van der Waals surface area contributed by atoms with E-state index in [0.717, 1.165) is 12.8 Å². The maximum Gasteiger partial charge on any atom is 0.513 e. The molecule has 0 saturated heterocycles. The van der Waals surface area contributed by atoms with Crippen molar-refractivity contribution >= 4 is 24.4 Å². The molecule has 220 valence electrons. The largest absolute Gasteiger partial charge is 0.513 e. The standard InChI is InChI=1S/C27H41NO11/c1-7-9-13-33-24(30)37-21-12-11-19(16-22(21)38-25(31)34-14-10-8-2)15-20(28)23(29)36-18(3)17-35-26(32)39-27(4,5)6/h11-12,16,18,20H,7-10,13-15,17,28H2,1-6H3/t18-,20-/m0/s1. The molecule has 1 aromatic carbocycles. The SMILES string of the molecule is CCCCOC(=O)Oc1ccc(C[C@H](N)C(=O)O[C@@H](C)COC(=O)OC(C)(C)C)cc1OC(=O)OCCCC. The number of unbranched alkanes of at least 4 members (excludes halogenated alkanes) is 2. The lowest BCUT2D eigenvalue weighted by Crippen LogP contribution is -2.37. The number of ether oxygens (including phenoxy) is 7. The van der Waals surface area contributed by atoms with Crippen LogP contribution in [0.15, 0.2) is 18.2 Å². The second kappa shape index (κ2) is 17.1. The predicted molar refractivity (Wildman–Crippen MR) is 140 cm³/mol. The number of esters is 1. The van der Waals surface area contributed by atoms with E-state index in [-0.39, 0.29) is 37.7 Å². The quantitative estimate of drug-likeness (QED) is 0.141. The predicted octanol–water partition coefficient (Wildman–Crippen LogP) is 5.07. The molecule has 12 nitrogen and oxygen atoms in total. The Kier molecular flexibility index (Phi) is 14.7. The van der Waals surface area contributed by atoms with Gasteiger partial charge in [0.1, 0.15) is 24.4 Å². The van der Waals surface area contributed by atoms with Crippen LogP contribution in [0.2, 0.25) is 0 Å². The van der Waals surface area contributed by atoms with Crippen LogP contribution in [0.25, 0.3) is 0 Å². The van der Waals surface area contributed by atoms with E-state index in [9.17, 15) is 19.2 Å². The zero-order valence-electron chi connectivity index (χ0n) is 23.6. The molecular formula is C27H41NO11. The van der Waals surface area contributed by atoms with Crippen LogP contribution >= 0.6 is 0 Å². The molecule has 39 heavy (non-hydrogen) atoms. The molecule has 0 amide bonds. The first-order chi connectivity index (χ1) is 18.3. The highest BCUT2D eigenvalue weighted by atomic mass is 16.8. The van der Waals surface area contributed by atoms with E-state index in [1.165, 1.54) is 19.1 Å². The molecule has 0 radical (unpaired) electrons. The van der Waals surface area contributed by atoms with Crippen LogP contribution < -0.4 is 15.2 Å². The Morgan fingerprint density at radius 1 is 0.846 bits per heavy atom. The van der Waals surface area contributed by atoms with Gasteiger partial charge in [-0.05, 0) is 64.7 Å². The Balaban J connectivity index is 2.83. The van der Waals surface area contributed by atoms with Crippen LogP contribution in [0.4, 0.5) is 14.4 Å². The number of hydrogen-bond acceptors (Lipinski definition) is 12. The minimum atomic E-state index is -1.09.